The van der Waals surface area contributed by atoms with Gasteiger partial charge in [0.15, 0.2) is 10.7 Å². The highest BCUT2D eigenvalue weighted by Gasteiger charge is 2.16. The highest BCUT2D eigenvalue weighted by atomic mass is 32.1. The quantitative estimate of drug-likeness (QED) is 0.834. The van der Waals surface area contributed by atoms with Crippen LogP contribution in [0.2, 0.25) is 0 Å². The average Bonchev–Trinajstić information content (AvgIpc) is 2.97. The summed E-state index contributed by atoms with van der Waals surface area (Å²) < 4.78 is 9.89. The molecular weight excluding hydrogens is 300 g/mol. The Labute approximate surface area is 122 Å². The molecule has 0 spiro atoms. The van der Waals surface area contributed by atoms with Gasteiger partial charge in [-0.25, -0.2) is 9.78 Å². The van der Waals surface area contributed by atoms with Crippen molar-refractivity contribution in [1.82, 2.24) is 15.0 Å². The Hall–Kier alpha value is -2.75. The number of anilines is 1. The van der Waals surface area contributed by atoms with E-state index in [2.05, 4.69) is 20.3 Å². The average molecular weight is 310 g/mol. The number of nitrogens with zero attached hydrogens (tertiary/aromatic N) is 3. The second-order valence-corrected chi connectivity index (χ2v) is 4.43. The lowest BCUT2D eigenvalue weighted by atomic mass is 10.5. The van der Waals surface area contributed by atoms with E-state index < -0.39 is 11.9 Å². The van der Waals surface area contributed by atoms with E-state index in [0.29, 0.717) is 0 Å². The minimum absolute atomic E-state index is 0.0159. The monoisotopic (exact) mass is 310 g/mol. The molecule has 0 bridgehead atoms. The molecular formula is C11H10N4O5S. The highest BCUT2D eigenvalue weighted by molar-refractivity contribution is 7.12. The number of hydrogen-bond donors (Lipinski definition) is 2. The van der Waals surface area contributed by atoms with E-state index in [-0.39, 0.29) is 28.4 Å². The molecule has 2 aromatic rings. The molecule has 1 amide bonds. The molecule has 0 saturated heterocycles. The zero-order valence-electron chi connectivity index (χ0n) is 11.0. The third-order valence-electron chi connectivity index (χ3n) is 2.24. The fourth-order valence-corrected chi connectivity index (χ4v) is 1.99. The van der Waals surface area contributed by atoms with Gasteiger partial charge < -0.3 is 14.6 Å². The summed E-state index contributed by atoms with van der Waals surface area (Å²) in [5.74, 6) is -1.44. The summed E-state index contributed by atoms with van der Waals surface area (Å²) in [7, 11) is 2.82. The van der Waals surface area contributed by atoms with Gasteiger partial charge in [-0.15, -0.1) is 11.3 Å². The smallest absolute Gasteiger partial charge is 0.355 e. The minimum Gasteiger partial charge on any atom is -0.481 e. The van der Waals surface area contributed by atoms with Gasteiger partial charge in [-0.2, -0.15) is 9.97 Å². The van der Waals surface area contributed by atoms with Crippen molar-refractivity contribution in [3.05, 3.63) is 22.1 Å². The SMILES string of the molecule is COc1cc(OC)nc(NC(=O)c2nc(C(=O)O)cs2)n1. The molecule has 0 aliphatic carbocycles. The summed E-state index contributed by atoms with van der Waals surface area (Å²) in [5, 5.41) is 12.4. The van der Waals surface area contributed by atoms with E-state index in [1.165, 1.54) is 25.7 Å². The summed E-state index contributed by atoms with van der Waals surface area (Å²) in [6.07, 6.45) is 0. The van der Waals surface area contributed by atoms with Gasteiger partial charge in [0.1, 0.15) is 0 Å². The second kappa shape index (κ2) is 6.13. The number of carbonyl (C=O) groups is 2. The van der Waals surface area contributed by atoms with Gasteiger partial charge >= 0.3 is 5.97 Å². The van der Waals surface area contributed by atoms with E-state index >= 15 is 0 Å². The number of methoxy groups -OCH3 is 2. The van der Waals surface area contributed by atoms with Crippen LogP contribution in [0.1, 0.15) is 20.3 Å². The summed E-state index contributed by atoms with van der Waals surface area (Å²) in [6.45, 7) is 0. The number of carboxylic acid groups (broad SMARTS) is 1. The van der Waals surface area contributed by atoms with Crippen LogP contribution in [-0.4, -0.2) is 46.2 Å². The summed E-state index contributed by atoms with van der Waals surface area (Å²) >= 11 is 0.903. The maximum absolute atomic E-state index is 11.9. The third-order valence-corrected chi connectivity index (χ3v) is 3.08. The normalized spacial score (nSPS) is 10.0. The number of thiazole rings is 1. The van der Waals surface area contributed by atoms with Crippen LogP contribution in [0.15, 0.2) is 11.4 Å². The first-order chi connectivity index (χ1) is 10.0. The van der Waals surface area contributed by atoms with Gasteiger partial charge in [0.25, 0.3) is 5.91 Å². The molecule has 21 heavy (non-hydrogen) atoms. The number of aromatic nitrogens is 3. The molecule has 2 aromatic heterocycles. The van der Waals surface area contributed by atoms with Gasteiger partial charge in [-0.1, -0.05) is 0 Å². The molecule has 0 unspecified atom stereocenters. The first-order valence-electron chi connectivity index (χ1n) is 5.50. The molecule has 110 valence electrons. The summed E-state index contributed by atoms with van der Waals surface area (Å²) in [5.41, 5.74) is -0.200. The highest BCUT2D eigenvalue weighted by Crippen LogP contribution is 2.18. The standard InChI is InChI=1S/C11H10N4O5S/c1-19-6-3-7(20-2)14-11(13-6)15-8(16)9-12-5(4-21-9)10(17)18/h3-4H,1-2H3,(H,17,18)(H,13,14,15,16). The van der Waals surface area contributed by atoms with Crippen molar-refractivity contribution < 1.29 is 24.2 Å². The zero-order chi connectivity index (χ0) is 15.4. The topological polar surface area (TPSA) is 124 Å². The minimum atomic E-state index is -1.20. The van der Waals surface area contributed by atoms with Crippen LogP contribution in [0.25, 0.3) is 0 Å². The van der Waals surface area contributed by atoms with E-state index in [9.17, 15) is 9.59 Å². The molecule has 0 atom stereocenters. The van der Waals surface area contributed by atoms with Crippen LogP contribution in [0, 0.1) is 0 Å². The summed E-state index contributed by atoms with van der Waals surface area (Å²) in [6, 6.07) is 1.45. The van der Waals surface area contributed by atoms with Crippen LogP contribution < -0.4 is 14.8 Å². The van der Waals surface area contributed by atoms with Crippen molar-refractivity contribution in [2.24, 2.45) is 0 Å². The zero-order valence-corrected chi connectivity index (χ0v) is 11.8. The fraction of sp³-hybridized carbons (Fsp3) is 0.182. The first-order valence-corrected chi connectivity index (χ1v) is 6.38. The lowest BCUT2D eigenvalue weighted by Crippen LogP contribution is -2.15. The predicted molar refractivity (Wildman–Crippen MR) is 72.2 cm³/mol. The maximum atomic E-state index is 11.9. The molecule has 0 radical (unpaired) electrons. The van der Waals surface area contributed by atoms with E-state index in [0.717, 1.165) is 11.3 Å². The van der Waals surface area contributed by atoms with Crippen LogP contribution >= 0.6 is 11.3 Å². The predicted octanol–water partition coefficient (Wildman–Crippen LogP) is 0.901. The number of rotatable bonds is 5. The van der Waals surface area contributed by atoms with Crippen LogP contribution in [-0.2, 0) is 0 Å². The Kier molecular flexibility index (Phi) is 4.28. The molecule has 2 heterocycles. The van der Waals surface area contributed by atoms with E-state index in [1.807, 2.05) is 0 Å². The second-order valence-electron chi connectivity index (χ2n) is 3.57. The third kappa shape index (κ3) is 3.42. The maximum Gasteiger partial charge on any atom is 0.355 e. The molecule has 0 saturated carbocycles. The summed E-state index contributed by atoms with van der Waals surface area (Å²) in [4.78, 5) is 34.2. The molecule has 10 heteroatoms. The molecule has 0 aliphatic rings. The van der Waals surface area contributed by atoms with Gasteiger partial charge in [-0.05, 0) is 0 Å². The number of ether oxygens (including phenoxy) is 2. The Bertz CT molecular complexity index is 665. The van der Waals surface area contributed by atoms with Crippen molar-refractivity contribution in [1.29, 1.82) is 0 Å². The Morgan fingerprint density at radius 1 is 1.19 bits per heavy atom. The number of amides is 1. The van der Waals surface area contributed by atoms with Crippen LogP contribution in [0.3, 0.4) is 0 Å². The van der Waals surface area contributed by atoms with Crippen LogP contribution in [0.4, 0.5) is 5.95 Å². The number of aromatic carboxylic acids is 1. The van der Waals surface area contributed by atoms with E-state index in [1.54, 1.807) is 0 Å². The number of carbonyl (C=O) groups excluding carboxylic acids is 1. The van der Waals surface area contributed by atoms with E-state index in [4.69, 9.17) is 14.6 Å². The lowest BCUT2D eigenvalue weighted by Gasteiger charge is -2.06. The number of nitrogens with one attached hydrogen (secondary N) is 1. The Morgan fingerprint density at radius 2 is 1.81 bits per heavy atom. The van der Waals surface area contributed by atoms with Crippen molar-refractivity contribution in [3.63, 3.8) is 0 Å². The Balaban J connectivity index is 2.20. The first kappa shape index (κ1) is 14.7. The lowest BCUT2D eigenvalue weighted by molar-refractivity contribution is 0.0691. The van der Waals surface area contributed by atoms with Crippen molar-refractivity contribution in [2.75, 3.05) is 19.5 Å². The molecule has 2 rings (SSSR count). The van der Waals surface area contributed by atoms with Crippen LogP contribution in [0.5, 0.6) is 11.8 Å². The molecule has 0 aromatic carbocycles. The molecule has 2 N–H and O–H groups in total. The van der Waals surface area contributed by atoms with Gasteiger partial charge in [-0.3, -0.25) is 10.1 Å². The number of hydrogen-bond acceptors (Lipinski definition) is 8. The van der Waals surface area contributed by atoms with Gasteiger partial charge in [0.05, 0.1) is 20.3 Å². The van der Waals surface area contributed by atoms with Gasteiger partial charge in [0, 0.05) is 5.38 Å². The number of carboxylic acids is 1. The molecule has 0 fully saturated rings. The molecule has 0 aliphatic heterocycles. The van der Waals surface area contributed by atoms with Crippen molar-refractivity contribution >= 4 is 29.2 Å². The van der Waals surface area contributed by atoms with Crippen molar-refractivity contribution in [2.45, 2.75) is 0 Å². The largest absolute Gasteiger partial charge is 0.481 e. The Morgan fingerprint density at radius 3 is 2.29 bits per heavy atom. The molecule has 9 nitrogen and oxygen atoms in total. The van der Waals surface area contributed by atoms with Crippen molar-refractivity contribution in [3.8, 4) is 11.8 Å². The van der Waals surface area contributed by atoms with Gasteiger partial charge in [0.2, 0.25) is 17.7 Å². The fourth-order valence-electron chi connectivity index (χ4n) is 1.30.